The Hall–Kier alpha value is -2.03. The standard InChI is InChI=1S/C12H12F2N4O2S/c1-18-12(5-9(16-18)7-2-3-7)21(19,20)17-10-4-11(14)15-6-8(10)13/h4-7H,2-3H2,1H3,(H,15,17). The molecule has 1 fully saturated rings. The molecule has 0 aliphatic heterocycles. The molecule has 0 radical (unpaired) electrons. The third-order valence-corrected chi connectivity index (χ3v) is 4.61. The molecule has 2 aromatic rings. The summed E-state index contributed by atoms with van der Waals surface area (Å²) in [5, 5.41) is 4.04. The van der Waals surface area contributed by atoms with Crippen LogP contribution in [0.4, 0.5) is 14.5 Å². The van der Waals surface area contributed by atoms with Gasteiger partial charge < -0.3 is 0 Å². The van der Waals surface area contributed by atoms with Gasteiger partial charge in [-0.25, -0.2) is 9.37 Å². The first-order valence-electron chi connectivity index (χ1n) is 6.24. The van der Waals surface area contributed by atoms with Gasteiger partial charge in [-0.05, 0) is 12.8 Å². The molecule has 0 amide bonds. The molecule has 112 valence electrons. The summed E-state index contributed by atoms with van der Waals surface area (Å²) in [5.41, 5.74) is 0.205. The monoisotopic (exact) mass is 314 g/mol. The van der Waals surface area contributed by atoms with Crippen molar-refractivity contribution < 1.29 is 17.2 Å². The number of sulfonamides is 1. The molecule has 0 saturated heterocycles. The lowest BCUT2D eigenvalue weighted by Gasteiger charge is -2.08. The molecular weight excluding hydrogens is 302 g/mol. The molecule has 3 rings (SSSR count). The Balaban J connectivity index is 1.95. The first-order valence-corrected chi connectivity index (χ1v) is 7.73. The van der Waals surface area contributed by atoms with Crippen LogP contribution >= 0.6 is 0 Å². The lowest BCUT2D eigenvalue weighted by atomic mass is 10.3. The normalized spacial score (nSPS) is 15.2. The number of hydrogen-bond donors (Lipinski definition) is 1. The molecule has 2 heterocycles. The van der Waals surface area contributed by atoms with Crippen molar-refractivity contribution in [2.75, 3.05) is 4.72 Å². The number of pyridine rings is 1. The van der Waals surface area contributed by atoms with Gasteiger partial charge in [-0.2, -0.15) is 17.9 Å². The maximum atomic E-state index is 13.5. The molecule has 1 aliphatic rings. The van der Waals surface area contributed by atoms with Gasteiger partial charge in [0.15, 0.2) is 10.8 Å². The van der Waals surface area contributed by atoms with Crippen LogP contribution in [0.3, 0.4) is 0 Å². The molecule has 1 aliphatic carbocycles. The average Bonchev–Trinajstić information content (AvgIpc) is 3.16. The second-order valence-electron chi connectivity index (χ2n) is 4.90. The van der Waals surface area contributed by atoms with Crippen LogP contribution in [-0.4, -0.2) is 23.2 Å². The van der Waals surface area contributed by atoms with Crippen LogP contribution in [0.1, 0.15) is 24.5 Å². The lowest BCUT2D eigenvalue weighted by Crippen LogP contribution is -2.17. The predicted molar refractivity (Wildman–Crippen MR) is 70.1 cm³/mol. The highest BCUT2D eigenvalue weighted by Gasteiger charge is 2.30. The Morgan fingerprint density at radius 2 is 2.05 bits per heavy atom. The zero-order valence-corrected chi connectivity index (χ0v) is 11.9. The van der Waals surface area contributed by atoms with E-state index in [0.717, 1.165) is 12.8 Å². The van der Waals surface area contributed by atoms with Crippen molar-refractivity contribution in [3.8, 4) is 0 Å². The zero-order valence-electron chi connectivity index (χ0n) is 11.0. The van der Waals surface area contributed by atoms with E-state index in [1.165, 1.54) is 17.8 Å². The Bertz CT molecular complexity index is 800. The molecule has 21 heavy (non-hydrogen) atoms. The van der Waals surface area contributed by atoms with Crippen molar-refractivity contribution in [1.82, 2.24) is 14.8 Å². The third kappa shape index (κ3) is 2.73. The number of hydrogen-bond acceptors (Lipinski definition) is 4. The minimum atomic E-state index is -4.05. The van der Waals surface area contributed by atoms with Crippen LogP contribution in [0.2, 0.25) is 0 Å². The van der Waals surface area contributed by atoms with Crippen molar-refractivity contribution >= 4 is 15.7 Å². The van der Waals surface area contributed by atoms with Gasteiger partial charge in [-0.3, -0.25) is 9.40 Å². The smallest absolute Gasteiger partial charge is 0.275 e. The van der Waals surface area contributed by atoms with Crippen LogP contribution in [0.5, 0.6) is 0 Å². The van der Waals surface area contributed by atoms with Crippen molar-refractivity contribution in [2.24, 2.45) is 7.05 Å². The number of aromatic nitrogens is 3. The van der Waals surface area contributed by atoms with E-state index in [-0.39, 0.29) is 10.9 Å². The van der Waals surface area contributed by atoms with E-state index in [2.05, 4.69) is 10.1 Å². The number of anilines is 1. The SMILES string of the molecule is Cn1nc(C2CC2)cc1S(=O)(=O)Nc1cc(F)ncc1F. The van der Waals surface area contributed by atoms with Crippen LogP contribution < -0.4 is 4.72 Å². The first-order chi connectivity index (χ1) is 9.87. The number of aryl methyl sites for hydroxylation is 1. The molecular formula is C12H12F2N4O2S. The second kappa shape index (κ2) is 4.76. The van der Waals surface area contributed by atoms with Gasteiger partial charge in [0.1, 0.15) is 0 Å². The lowest BCUT2D eigenvalue weighted by molar-refractivity contribution is 0.561. The third-order valence-electron chi connectivity index (χ3n) is 3.19. The van der Waals surface area contributed by atoms with Gasteiger partial charge in [-0.1, -0.05) is 0 Å². The van der Waals surface area contributed by atoms with E-state index in [1.54, 1.807) is 0 Å². The van der Waals surface area contributed by atoms with E-state index in [9.17, 15) is 17.2 Å². The minimum absolute atomic E-state index is 0.0963. The number of rotatable bonds is 4. The molecule has 0 unspecified atom stereocenters. The van der Waals surface area contributed by atoms with Crippen LogP contribution in [0.25, 0.3) is 0 Å². The molecule has 6 nitrogen and oxygen atoms in total. The summed E-state index contributed by atoms with van der Waals surface area (Å²) in [6, 6.07) is 2.14. The van der Waals surface area contributed by atoms with E-state index in [0.29, 0.717) is 18.0 Å². The number of nitrogens with one attached hydrogen (secondary N) is 1. The Kier molecular flexibility index (Phi) is 3.16. The van der Waals surface area contributed by atoms with E-state index < -0.39 is 27.5 Å². The summed E-state index contributed by atoms with van der Waals surface area (Å²) >= 11 is 0. The molecule has 0 atom stereocenters. The van der Waals surface area contributed by atoms with Gasteiger partial charge in [-0.15, -0.1) is 0 Å². The Morgan fingerprint density at radius 1 is 1.33 bits per heavy atom. The average molecular weight is 314 g/mol. The van der Waals surface area contributed by atoms with Gasteiger partial charge in [0.05, 0.1) is 17.6 Å². The van der Waals surface area contributed by atoms with Crippen molar-refractivity contribution in [3.63, 3.8) is 0 Å². The summed E-state index contributed by atoms with van der Waals surface area (Å²) < 4.78 is 54.2. The molecule has 1 N–H and O–H groups in total. The highest BCUT2D eigenvalue weighted by Crippen LogP contribution is 2.39. The fourth-order valence-electron chi connectivity index (χ4n) is 1.99. The first kappa shape index (κ1) is 13.9. The van der Waals surface area contributed by atoms with Gasteiger partial charge >= 0.3 is 0 Å². The molecule has 2 aromatic heterocycles. The molecule has 9 heteroatoms. The van der Waals surface area contributed by atoms with E-state index in [4.69, 9.17) is 0 Å². The molecule has 0 aromatic carbocycles. The summed E-state index contributed by atoms with van der Waals surface area (Å²) in [4.78, 5) is 3.10. The molecule has 1 saturated carbocycles. The van der Waals surface area contributed by atoms with E-state index in [1.807, 2.05) is 4.72 Å². The molecule has 0 spiro atoms. The second-order valence-corrected chi connectivity index (χ2v) is 6.53. The fraction of sp³-hybridized carbons (Fsp3) is 0.333. The van der Waals surface area contributed by atoms with Crippen LogP contribution in [0.15, 0.2) is 23.4 Å². The topological polar surface area (TPSA) is 76.9 Å². The zero-order chi connectivity index (χ0) is 15.2. The van der Waals surface area contributed by atoms with E-state index >= 15 is 0 Å². The summed E-state index contributed by atoms with van der Waals surface area (Å²) in [7, 11) is -2.56. The van der Waals surface area contributed by atoms with Crippen LogP contribution in [-0.2, 0) is 17.1 Å². The largest absolute Gasteiger partial charge is 0.279 e. The van der Waals surface area contributed by atoms with Crippen LogP contribution in [0, 0.1) is 11.8 Å². The van der Waals surface area contributed by atoms with Gasteiger partial charge in [0.2, 0.25) is 5.95 Å². The summed E-state index contributed by atoms with van der Waals surface area (Å²) in [6.45, 7) is 0. The van der Waals surface area contributed by atoms with Gasteiger partial charge in [0.25, 0.3) is 10.0 Å². The quantitative estimate of drug-likeness (QED) is 0.873. The maximum Gasteiger partial charge on any atom is 0.279 e. The van der Waals surface area contributed by atoms with Gasteiger partial charge in [0, 0.05) is 25.1 Å². The maximum absolute atomic E-state index is 13.5. The minimum Gasteiger partial charge on any atom is -0.275 e. The molecule has 0 bridgehead atoms. The predicted octanol–water partition coefficient (Wildman–Crippen LogP) is 1.77. The highest BCUT2D eigenvalue weighted by atomic mass is 32.2. The fourth-order valence-corrected chi connectivity index (χ4v) is 3.20. The highest BCUT2D eigenvalue weighted by molar-refractivity contribution is 7.92. The Labute approximate surface area is 119 Å². The Morgan fingerprint density at radius 3 is 2.71 bits per heavy atom. The summed E-state index contributed by atoms with van der Waals surface area (Å²) in [6.07, 6.45) is 2.58. The van der Waals surface area contributed by atoms with Crippen molar-refractivity contribution in [1.29, 1.82) is 0 Å². The van der Waals surface area contributed by atoms with Crippen molar-refractivity contribution in [3.05, 3.63) is 35.8 Å². The number of nitrogens with zero attached hydrogens (tertiary/aromatic N) is 3. The van der Waals surface area contributed by atoms with Crippen molar-refractivity contribution in [2.45, 2.75) is 23.8 Å². The summed E-state index contributed by atoms with van der Waals surface area (Å²) in [5.74, 6) is -1.64. The number of halogens is 2.